The number of aromatic amines is 1. The quantitative estimate of drug-likeness (QED) is 0.464. The Bertz CT molecular complexity index is 1250. The summed E-state index contributed by atoms with van der Waals surface area (Å²) in [7, 11) is 1.46. The Balaban J connectivity index is 1.58. The molecule has 2 amide bonds. The highest BCUT2D eigenvalue weighted by atomic mass is 19.1. The molecular weight excluding hydrogens is 387 g/mol. The van der Waals surface area contributed by atoms with Crippen LogP contribution in [0.2, 0.25) is 0 Å². The molecule has 0 unspecified atom stereocenters. The number of nitrogens with one attached hydrogen (secondary N) is 3. The van der Waals surface area contributed by atoms with Gasteiger partial charge in [-0.25, -0.2) is 4.39 Å². The van der Waals surface area contributed by atoms with Crippen LogP contribution < -0.4 is 15.4 Å². The van der Waals surface area contributed by atoms with Crippen LogP contribution in [0.1, 0.15) is 20.8 Å². The summed E-state index contributed by atoms with van der Waals surface area (Å²) in [6.45, 7) is 0. The van der Waals surface area contributed by atoms with E-state index < -0.39 is 17.6 Å². The van der Waals surface area contributed by atoms with Crippen molar-refractivity contribution in [2.45, 2.75) is 0 Å². The van der Waals surface area contributed by atoms with Crippen LogP contribution in [0.4, 0.5) is 15.8 Å². The lowest BCUT2D eigenvalue weighted by Gasteiger charge is -2.13. The van der Waals surface area contributed by atoms with Crippen molar-refractivity contribution in [1.29, 1.82) is 0 Å². The number of halogens is 1. The minimum atomic E-state index is -0.512. The van der Waals surface area contributed by atoms with E-state index in [2.05, 4.69) is 20.8 Å². The van der Waals surface area contributed by atoms with E-state index in [1.807, 2.05) is 18.2 Å². The van der Waals surface area contributed by atoms with Crippen molar-refractivity contribution in [3.8, 4) is 5.75 Å². The van der Waals surface area contributed by atoms with E-state index in [9.17, 15) is 14.0 Å². The molecule has 0 atom stereocenters. The first-order chi connectivity index (χ1) is 14.5. The molecular formula is C22H17FN4O3. The van der Waals surface area contributed by atoms with Gasteiger partial charge in [-0.1, -0.05) is 24.3 Å². The third kappa shape index (κ3) is 3.83. The zero-order valence-electron chi connectivity index (χ0n) is 15.9. The maximum Gasteiger partial charge on any atom is 0.276 e. The molecule has 0 fully saturated rings. The second-order valence-electron chi connectivity index (χ2n) is 6.45. The minimum absolute atomic E-state index is 0.162. The van der Waals surface area contributed by atoms with Gasteiger partial charge < -0.3 is 15.4 Å². The fraction of sp³-hybridized carbons (Fsp3) is 0.0455. The first kappa shape index (κ1) is 19.1. The number of carbonyl (C=O) groups is 2. The van der Waals surface area contributed by atoms with Gasteiger partial charge in [0.2, 0.25) is 0 Å². The third-order valence-electron chi connectivity index (χ3n) is 4.48. The van der Waals surface area contributed by atoms with Crippen molar-refractivity contribution in [3.05, 3.63) is 83.8 Å². The number of anilines is 2. The Morgan fingerprint density at radius 3 is 2.60 bits per heavy atom. The topological polar surface area (TPSA) is 96.1 Å². The molecule has 1 aromatic heterocycles. The van der Waals surface area contributed by atoms with E-state index in [-0.39, 0.29) is 11.3 Å². The average Bonchev–Trinajstić information content (AvgIpc) is 3.18. The zero-order chi connectivity index (χ0) is 21.1. The minimum Gasteiger partial charge on any atom is -0.495 e. The lowest BCUT2D eigenvalue weighted by molar-refractivity contribution is 0.101. The second kappa shape index (κ2) is 8.04. The summed E-state index contributed by atoms with van der Waals surface area (Å²) in [5.74, 6) is -1.03. The van der Waals surface area contributed by atoms with Crippen molar-refractivity contribution in [3.63, 3.8) is 0 Å². The number of amides is 2. The number of aromatic nitrogens is 2. The molecule has 0 aliphatic heterocycles. The van der Waals surface area contributed by atoms with Crippen LogP contribution in [0.25, 0.3) is 10.9 Å². The number of benzene rings is 3. The molecule has 0 bridgehead atoms. The van der Waals surface area contributed by atoms with Gasteiger partial charge in [0, 0.05) is 16.6 Å². The Kier molecular flexibility index (Phi) is 5.13. The van der Waals surface area contributed by atoms with Crippen LogP contribution >= 0.6 is 0 Å². The van der Waals surface area contributed by atoms with Crippen LogP contribution in [0.15, 0.2) is 66.7 Å². The number of H-pyrrole nitrogens is 1. The lowest BCUT2D eigenvalue weighted by atomic mass is 10.2. The molecule has 4 rings (SSSR count). The molecule has 8 heteroatoms. The highest BCUT2D eigenvalue weighted by Gasteiger charge is 2.16. The predicted molar refractivity (Wildman–Crippen MR) is 111 cm³/mol. The van der Waals surface area contributed by atoms with Gasteiger partial charge in [0.05, 0.1) is 18.3 Å². The van der Waals surface area contributed by atoms with E-state index >= 15 is 0 Å². The van der Waals surface area contributed by atoms with E-state index in [4.69, 9.17) is 4.74 Å². The number of hydrogen-bond donors (Lipinski definition) is 3. The van der Waals surface area contributed by atoms with Crippen molar-refractivity contribution < 1.29 is 18.7 Å². The first-order valence-electron chi connectivity index (χ1n) is 9.04. The van der Waals surface area contributed by atoms with E-state index in [1.54, 1.807) is 24.3 Å². The number of ether oxygens (including phenoxy) is 1. The Labute approximate surface area is 170 Å². The number of methoxy groups -OCH3 is 1. The third-order valence-corrected chi connectivity index (χ3v) is 4.48. The van der Waals surface area contributed by atoms with Crippen molar-refractivity contribution in [2.75, 3.05) is 17.7 Å². The zero-order valence-corrected chi connectivity index (χ0v) is 15.9. The number of rotatable bonds is 5. The van der Waals surface area contributed by atoms with Crippen LogP contribution in [-0.4, -0.2) is 29.1 Å². The number of fused-ring (bicyclic) bond motifs is 1. The van der Waals surface area contributed by atoms with Gasteiger partial charge in [-0.05, 0) is 42.5 Å². The molecule has 0 spiro atoms. The van der Waals surface area contributed by atoms with Gasteiger partial charge in [-0.3, -0.25) is 14.7 Å². The molecule has 0 radical (unpaired) electrons. The molecule has 4 aromatic rings. The number of hydrogen-bond acceptors (Lipinski definition) is 4. The molecule has 0 aliphatic rings. The fourth-order valence-electron chi connectivity index (χ4n) is 3.03. The van der Waals surface area contributed by atoms with Crippen molar-refractivity contribution >= 4 is 34.1 Å². The standard InChI is InChI=1S/C22H17FN4O3/c1-30-19-10-9-15(12-18(19)25-21(28)13-5-4-6-14(23)11-13)24-22(29)20-16-7-2-3-8-17(16)26-27-20/h2-12H,1H3,(H,24,29)(H,25,28)(H,26,27). The largest absolute Gasteiger partial charge is 0.495 e. The van der Waals surface area contributed by atoms with Crippen LogP contribution in [-0.2, 0) is 0 Å². The van der Waals surface area contributed by atoms with Gasteiger partial charge >= 0.3 is 0 Å². The van der Waals surface area contributed by atoms with Crippen molar-refractivity contribution in [1.82, 2.24) is 10.2 Å². The molecule has 30 heavy (non-hydrogen) atoms. The summed E-state index contributed by atoms with van der Waals surface area (Å²) >= 11 is 0. The maximum atomic E-state index is 13.4. The molecule has 0 saturated heterocycles. The second-order valence-corrected chi connectivity index (χ2v) is 6.45. The van der Waals surface area contributed by atoms with E-state index in [0.29, 0.717) is 22.5 Å². The highest BCUT2D eigenvalue weighted by Crippen LogP contribution is 2.29. The molecule has 3 aromatic carbocycles. The summed E-state index contributed by atoms with van der Waals surface area (Å²) in [5.41, 5.74) is 1.93. The van der Waals surface area contributed by atoms with Crippen LogP contribution in [0.5, 0.6) is 5.75 Å². The normalized spacial score (nSPS) is 10.6. The summed E-state index contributed by atoms with van der Waals surface area (Å²) in [5, 5.41) is 13.0. The molecule has 3 N–H and O–H groups in total. The van der Waals surface area contributed by atoms with Crippen LogP contribution in [0.3, 0.4) is 0 Å². The smallest absolute Gasteiger partial charge is 0.276 e. The average molecular weight is 404 g/mol. The summed E-state index contributed by atoms with van der Waals surface area (Å²) < 4.78 is 18.7. The molecule has 1 heterocycles. The highest BCUT2D eigenvalue weighted by molar-refractivity contribution is 6.11. The Morgan fingerprint density at radius 2 is 1.80 bits per heavy atom. The Hall–Kier alpha value is -4.20. The molecule has 0 aliphatic carbocycles. The number of nitrogens with zero attached hydrogens (tertiary/aromatic N) is 1. The molecule has 0 saturated carbocycles. The van der Waals surface area contributed by atoms with E-state index in [0.717, 1.165) is 11.6 Å². The predicted octanol–water partition coefficient (Wildman–Crippen LogP) is 4.22. The van der Waals surface area contributed by atoms with Gasteiger partial charge in [-0.2, -0.15) is 5.10 Å². The number of carbonyl (C=O) groups excluding carboxylic acids is 2. The number of para-hydroxylation sites is 1. The van der Waals surface area contributed by atoms with Crippen LogP contribution in [0, 0.1) is 5.82 Å². The first-order valence-corrected chi connectivity index (χ1v) is 9.04. The van der Waals surface area contributed by atoms with Gasteiger partial charge in [0.1, 0.15) is 11.6 Å². The lowest BCUT2D eigenvalue weighted by Crippen LogP contribution is -2.15. The van der Waals surface area contributed by atoms with E-state index in [1.165, 1.54) is 25.3 Å². The van der Waals surface area contributed by atoms with Gasteiger partial charge in [0.15, 0.2) is 5.69 Å². The summed E-state index contributed by atoms with van der Waals surface area (Å²) in [4.78, 5) is 25.1. The monoisotopic (exact) mass is 404 g/mol. The van der Waals surface area contributed by atoms with Gasteiger partial charge in [0.25, 0.3) is 11.8 Å². The molecule has 7 nitrogen and oxygen atoms in total. The maximum absolute atomic E-state index is 13.4. The molecule has 150 valence electrons. The van der Waals surface area contributed by atoms with Crippen molar-refractivity contribution in [2.24, 2.45) is 0 Å². The summed E-state index contributed by atoms with van der Waals surface area (Å²) in [6, 6.07) is 17.4. The Morgan fingerprint density at radius 1 is 0.967 bits per heavy atom. The summed E-state index contributed by atoms with van der Waals surface area (Å²) in [6.07, 6.45) is 0. The fourth-order valence-corrected chi connectivity index (χ4v) is 3.03. The SMILES string of the molecule is COc1ccc(NC(=O)c2n[nH]c3ccccc23)cc1NC(=O)c1cccc(F)c1. The van der Waals surface area contributed by atoms with Gasteiger partial charge in [-0.15, -0.1) is 0 Å².